The summed E-state index contributed by atoms with van der Waals surface area (Å²) in [7, 11) is 1.41. The number of fused-ring (bicyclic) bond motifs is 1. The Kier molecular flexibility index (Phi) is 8.98. The second-order valence-corrected chi connectivity index (χ2v) is 12.2. The molecule has 1 saturated heterocycles. The van der Waals surface area contributed by atoms with Gasteiger partial charge in [-0.3, -0.25) is 9.78 Å². The molecule has 1 aliphatic heterocycles. The number of aromatic hydroxyl groups is 1. The molecule has 6 rings (SSSR count). The Morgan fingerprint density at radius 2 is 1.92 bits per heavy atom. The molecular weight excluding hydrogens is 638 g/mol. The summed E-state index contributed by atoms with van der Waals surface area (Å²) >= 11 is 0. The Balaban J connectivity index is 1.22. The summed E-state index contributed by atoms with van der Waals surface area (Å²) < 4.78 is 30.6. The lowest BCUT2D eigenvalue weighted by atomic mass is 9.89. The van der Waals surface area contributed by atoms with E-state index in [4.69, 9.17) is 23.4 Å². The van der Waals surface area contributed by atoms with Gasteiger partial charge in [0.15, 0.2) is 23.6 Å². The normalized spacial score (nSPS) is 20.2. The molecule has 4 N–H and O–H groups in total. The number of nitrogens with one attached hydrogen (secondary N) is 2. The second kappa shape index (κ2) is 13.2. The standard InChI is InChI=1S/C34H35N5O10/c1-17-9-11-21(37-17)31(43)48-28-26(41)33(49-34(3,4)29(28)45-5)46-23-12-10-20-25(40)24(32(44)47-27(20)18(23)2)38-30(42)22-15-39(16-36-22)14-19-8-6-7-13-35-19/h6-13,15-16,26,28-29,33,37,40-41H,14H2,1-5H3,(H,38,42)/t26-,28+,29-,33-/m1/s1. The zero-order valence-electron chi connectivity index (χ0n) is 27.3. The largest absolute Gasteiger partial charge is 0.505 e. The number of amides is 1. The number of carbonyl (C=O) groups is 2. The van der Waals surface area contributed by atoms with Crippen LogP contribution in [0.1, 0.15) is 51.8 Å². The Hall–Kier alpha value is -5.51. The number of anilines is 1. The third-order valence-electron chi connectivity index (χ3n) is 8.23. The van der Waals surface area contributed by atoms with Crippen LogP contribution >= 0.6 is 0 Å². The number of rotatable bonds is 9. The monoisotopic (exact) mass is 673 g/mol. The lowest BCUT2D eigenvalue weighted by molar-refractivity contribution is -0.305. The number of pyridine rings is 1. The number of benzene rings is 1. The van der Waals surface area contributed by atoms with Gasteiger partial charge in [-0.15, -0.1) is 0 Å². The van der Waals surface area contributed by atoms with E-state index in [2.05, 4.69) is 20.3 Å². The number of hydrogen-bond donors (Lipinski definition) is 4. The number of aliphatic hydroxyl groups is 1. The van der Waals surface area contributed by atoms with Crippen LogP contribution in [0.25, 0.3) is 11.0 Å². The maximum atomic E-state index is 13.0. The topological polar surface area (TPSA) is 200 Å². The molecule has 4 atom stereocenters. The first-order valence-corrected chi connectivity index (χ1v) is 15.3. The minimum atomic E-state index is -1.50. The molecule has 5 aromatic rings. The van der Waals surface area contributed by atoms with Crippen LogP contribution in [0.4, 0.5) is 5.69 Å². The molecule has 1 aromatic carbocycles. The maximum absolute atomic E-state index is 13.0. The third-order valence-corrected chi connectivity index (χ3v) is 8.23. The molecule has 0 aliphatic carbocycles. The van der Waals surface area contributed by atoms with Crippen molar-refractivity contribution in [1.82, 2.24) is 19.5 Å². The first kappa shape index (κ1) is 33.4. The highest BCUT2D eigenvalue weighted by molar-refractivity contribution is 6.05. The molecule has 15 heteroatoms. The first-order valence-electron chi connectivity index (χ1n) is 15.3. The van der Waals surface area contributed by atoms with E-state index in [1.54, 1.807) is 56.7 Å². The van der Waals surface area contributed by atoms with E-state index in [0.717, 1.165) is 11.4 Å². The summed E-state index contributed by atoms with van der Waals surface area (Å²) in [6, 6.07) is 11.7. The minimum absolute atomic E-state index is 0.00595. The number of aliphatic hydroxyl groups excluding tert-OH is 1. The molecule has 4 aromatic heterocycles. The quantitative estimate of drug-likeness (QED) is 0.131. The van der Waals surface area contributed by atoms with Crippen molar-refractivity contribution < 1.29 is 43.2 Å². The fourth-order valence-electron chi connectivity index (χ4n) is 5.77. The third kappa shape index (κ3) is 6.63. The van der Waals surface area contributed by atoms with E-state index in [-0.39, 0.29) is 33.7 Å². The highest BCUT2D eigenvalue weighted by Crippen LogP contribution is 2.38. The molecule has 0 unspecified atom stereocenters. The second-order valence-electron chi connectivity index (χ2n) is 12.2. The fourth-order valence-corrected chi connectivity index (χ4v) is 5.77. The molecule has 0 spiro atoms. The van der Waals surface area contributed by atoms with Crippen molar-refractivity contribution in [2.45, 2.75) is 64.4 Å². The van der Waals surface area contributed by atoms with E-state index < -0.39 is 59.1 Å². The number of nitrogens with zero attached hydrogens (tertiary/aromatic N) is 3. The number of carbonyl (C=O) groups excluding carboxylic acids is 2. The van der Waals surface area contributed by atoms with Gasteiger partial charge in [0.2, 0.25) is 6.29 Å². The van der Waals surface area contributed by atoms with E-state index in [1.165, 1.54) is 31.8 Å². The van der Waals surface area contributed by atoms with Crippen LogP contribution in [0, 0.1) is 13.8 Å². The van der Waals surface area contributed by atoms with Crippen LogP contribution in [0.2, 0.25) is 0 Å². The number of hydrogen-bond acceptors (Lipinski definition) is 12. The van der Waals surface area contributed by atoms with Crippen molar-refractivity contribution in [3.05, 3.63) is 99.9 Å². The predicted molar refractivity (Wildman–Crippen MR) is 174 cm³/mol. The van der Waals surface area contributed by atoms with Crippen molar-refractivity contribution in [2.24, 2.45) is 0 Å². The van der Waals surface area contributed by atoms with Crippen molar-refractivity contribution >= 4 is 28.5 Å². The number of aromatic amines is 1. The van der Waals surface area contributed by atoms with Gasteiger partial charge in [-0.1, -0.05) is 6.07 Å². The van der Waals surface area contributed by atoms with Crippen molar-refractivity contribution in [2.75, 3.05) is 12.4 Å². The lowest BCUT2D eigenvalue weighted by Gasteiger charge is -2.47. The van der Waals surface area contributed by atoms with Gasteiger partial charge >= 0.3 is 11.6 Å². The van der Waals surface area contributed by atoms with Crippen LogP contribution in [0.15, 0.2) is 70.4 Å². The van der Waals surface area contributed by atoms with Gasteiger partial charge in [0, 0.05) is 30.8 Å². The van der Waals surface area contributed by atoms with Crippen molar-refractivity contribution in [3.63, 3.8) is 0 Å². The molecular formula is C34H35N5O10. The maximum Gasteiger partial charge on any atom is 0.364 e. The molecule has 0 saturated carbocycles. The number of esters is 1. The van der Waals surface area contributed by atoms with Crippen molar-refractivity contribution in [3.8, 4) is 11.5 Å². The summed E-state index contributed by atoms with van der Waals surface area (Å²) in [5, 5.41) is 24.9. The van der Waals surface area contributed by atoms with E-state index >= 15 is 0 Å². The number of imidazole rings is 1. The van der Waals surface area contributed by atoms with Gasteiger partial charge in [-0.05, 0) is 64.1 Å². The van der Waals surface area contributed by atoms with E-state index in [9.17, 15) is 24.6 Å². The SMILES string of the molecule is CO[C@@H]1[C@@H](OC(=O)c2ccc(C)[nH]2)[C@@H](O)[C@H](Oc2ccc3c(O)c(NC(=O)c4cn(Cc5ccccn5)cn4)c(=O)oc3c2C)OC1(C)C. The molecule has 1 amide bonds. The highest BCUT2D eigenvalue weighted by atomic mass is 16.7. The average Bonchev–Trinajstić information content (AvgIpc) is 3.72. The van der Waals surface area contributed by atoms with Gasteiger partial charge < -0.3 is 48.4 Å². The van der Waals surface area contributed by atoms with Crippen molar-refractivity contribution in [1.29, 1.82) is 0 Å². The van der Waals surface area contributed by atoms with Gasteiger partial charge in [0.05, 0.1) is 29.6 Å². The first-order chi connectivity index (χ1) is 23.4. The van der Waals surface area contributed by atoms with Gasteiger partial charge in [-0.2, -0.15) is 0 Å². The van der Waals surface area contributed by atoms with Crippen LogP contribution in [-0.2, 0) is 20.8 Å². The Morgan fingerprint density at radius 1 is 1.12 bits per heavy atom. The fraction of sp³-hybridized carbons (Fsp3) is 0.324. The highest BCUT2D eigenvalue weighted by Gasteiger charge is 2.53. The summed E-state index contributed by atoms with van der Waals surface area (Å²) in [5.74, 6) is -1.81. The molecule has 0 bridgehead atoms. The smallest absolute Gasteiger partial charge is 0.364 e. The van der Waals surface area contributed by atoms with Gasteiger partial charge in [-0.25, -0.2) is 14.6 Å². The summed E-state index contributed by atoms with van der Waals surface area (Å²) in [4.78, 5) is 50.2. The van der Waals surface area contributed by atoms with Crippen LogP contribution in [0.3, 0.4) is 0 Å². The van der Waals surface area contributed by atoms with Gasteiger partial charge in [0.1, 0.15) is 28.8 Å². The number of ether oxygens (including phenoxy) is 4. The molecule has 5 heterocycles. The molecule has 15 nitrogen and oxygen atoms in total. The molecule has 0 radical (unpaired) electrons. The van der Waals surface area contributed by atoms with E-state index in [0.29, 0.717) is 6.54 Å². The zero-order valence-corrected chi connectivity index (χ0v) is 27.3. The van der Waals surface area contributed by atoms with E-state index in [1.807, 2.05) is 12.1 Å². The average molecular weight is 674 g/mol. The van der Waals surface area contributed by atoms with Crippen LogP contribution < -0.4 is 15.7 Å². The molecule has 1 aliphatic rings. The number of aromatic nitrogens is 4. The van der Waals surface area contributed by atoms with Crippen LogP contribution in [0.5, 0.6) is 11.5 Å². The number of H-pyrrole nitrogens is 1. The molecule has 49 heavy (non-hydrogen) atoms. The predicted octanol–water partition coefficient (Wildman–Crippen LogP) is 3.45. The lowest BCUT2D eigenvalue weighted by Crippen LogP contribution is -2.65. The Labute approximate surface area is 279 Å². The zero-order chi connectivity index (χ0) is 35.0. The van der Waals surface area contributed by atoms with Gasteiger partial charge in [0.25, 0.3) is 5.91 Å². The van der Waals surface area contributed by atoms with Crippen LogP contribution in [-0.4, -0.2) is 78.9 Å². The molecule has 256 valence electrons. The Morgan fingerprint density at radius 3 is 2.61 bits per heavy atom. The Bertz CT molecular complexity index is 2070. The summed E-state index contributed by atoms with van der Waals surface area (Å²) in [6.07, 6.45) is -0.304. The number of aryl methyl sites for hydroxylation is 2. The summed E-state index contributed by atoms with van der Waals surface area (Å²) in [5.41, 5.74) is -0.591. The molecule has 1 fully saturated rings. The summed E-state index contributed by atoms with van der Waals surface area (Å²) in [6.45, 7) is 7.15. The number of methoxy groups -OCH3 is 1. The minimum Gasteiger partial charge on any atom is -0.505 e.